The van der Waals surface area contributed by atoms with Crippen LogP contribution in [0, 0.1) is 5.41 Å². The van der Waals surface area contributed by atoms with E-state index >= 15 is 0 Å². The molecule has 1 aliphatic rings. The van der Waals surface area contributed by atoms with Crippen LogP contribution in [0.3, 0.4) is 0 Å². The van der Waals surface area contributed by atoms with Gasteiger partial charge >= 0.3 is 0 Å². The van der Waals surface area contributed by atoms with Crippen LogP contribution in [-0.4, -0.2) is 18.0 Å². The van der Waals surface area contributed by atoms with Crippen molar-refractivity contribution in [1.29, 1.82) is 0 Å². The standard InChI is InChI=1S/C12H24N2O/c1-4-11(2,3)14-10(15)12(9-13)7-5-6-8-12/h4-9,13H2,1-3H3,(H,14,15). The third kappa shape index (κ3) is 2.71. The normalized spacial score (nSPS) is 20.3. The summed E-state index contributed by atoms with van der Waals surface area (Å²) in [5.74, 6) is 0.161. The van der Waals surface area contributed by atoms with Crippen LogP contribution in [0.25, 0.3) is 0 Å². The fourth-order valence-corrected chi connectivity index (χ4v) is 2.10. The van der Waals surface area contributed by atoms with E-state index in [0.717, 1.165) is 32.1 Å². The van der Waals surface area contributed by atoms with Crippen LogP contribution in [-0.2, 0) is 4.79 Å². The Bertz CT molecular complexity index is 230. The molecule has 0 heterocycles. The highest BCUT2D eigenvalue weighted by atomic mass is 16.2. The van der Waals surface area contributed by atoms with Gasteiger partial charge in [-0.15, -0.1) is 0 Å². The van der Waals surface area contributed by atoms with Crippen LogP contribution in [0.15, 0.2) is 0 Å². The number of amides is 1. The maximum atomic E-state index is 12.2. The monoisotopic (exact) mass is 212 g/mol. The second kappa shape index (κ2) is 4.52. The summed E-state index contributed by atoms with van der Waals surface area (Å²) in [5, 5.41) is 3.12. The van der Waals surface area contributed by atoms with Gasteiger partial charge < -0.3 is 11.1 Å². The molecule has 1 fully saturated rings. The zero-order valence-electron chi connectivity index (χ0n) is 10.2. The van der Waals surface area contributed by atoms with E-state index in [4.69, 9.17) is 5.73 Å². The van der Waals surface area contributed by atoms with Gasteiger partial charge in [-0.1, -0.05) is 19.8 Å². The maximum absolute atomic E-state index is 12.2. The van der Waals surface area contributed by atoms with Crippen molar-refractivity contribution in [3.63, 3.8) is 0 Å². The van der Waals surface area contributed by atoms with Gasteiger partial charge in [-0.25, -0.2) is 0 Å². The first-order valence-corrected chi connectivity index (χ1v) is 5.98. The summed E-state index contributed by atoms with van der Waals surface area (Å²) in [4.78, 5) is 12.2. The molecule has 0 unspecified atom stereocenters. The van der Waals surface area contributed by atoms with Crippen molar-refractivity contribution in [3.05, 3.63) is 0 Å². The molecule has 3 nitrogen and oxygen atoms in total. The van der Waals surface area contributed by atoms with Crippen LogP contribution in [0.2, 0.25) is 0 Å². The van der Waals surface area contributed by atoms with Gasteiger partial charge in [0.2, 0.25) is 5.91 Å². The average molecular weight is 212 g/mol. The second-order valence-corrected chi connectivity index (χ2v) is 5.38. The molecule has 0 saturated heterocycles. The number of nitrogens with one attached hydrogen (secondary N) is 1. The summed E-state index contributed by atoms with van der Waals surface area (Å²) in [6.45, 7) is 6.69. The highest BCUT2D eigenvalue weighted by Gasteiger charge is 2.41. The molecule has 1 amide bonds. The molecule has 0 aromatic carbocycles. The lowest BCUT2D eigenvalue weighted by Gasteiger charge is -2.32. The molecule has 3 N–H and O–H groups in total. The summed E-state index contributed by atoms with van der Waals surface area (Å²) in [7, 11) is 0. The van der Waals surface area contributed by atoms with Gasteiger partial charge in [-0.2, -0.15) is 0 Å². The first-order valence-electron chi connectivity index (χ1n) is 5.98. The van der Waals surface area contributed by atoms with E-state index in [1.165, 1.54) is 0 Å². The lowest BCUT2D eigenvalue weighted by Crippen LogP contribution is -2.52. The van der Waals surface area contributed by atoms with E-state index in [2.05, 4.69) is 26.1 Å². The molecule has 1 rings (SSSR count). The molecular formula is C12H24N2O. The lowest BCUT2D eigenvalue weighted by atomic mass is 9.84. The maximum Gasteiger partial charge on any atom is 0.227 e. The summed E-state index contributed by atoms with van der Waals surface area (Å²) in [6.07, 6.45) is 5.12. The summed E-state index contributed by atoms with van der Waals surface area (Å²) in [5.41, 5.74) is 5.39. The predicted octanol–water partition coefficient (Wildman–Crippen LogP) is 1.81. The Kier molecular flexibility index (Phi) is 3.77. The third-order valence-electron chi connectivity index (χ3n) is 3.77. The van der Waals surface area contributed by atoms with E-state index in [-0.39, 0.29) is 16.9 Å². The smallest absolute Gasteiger partial charge is 0.227 e. The Balaban J connectivity index is 2.66. The third-order valence-corrected chi connectivity index (χ3v) is 3.77. The van der Waals surface area contributed by atoms with Crippen molar-refractivity contribution in [3.8, 4) is 0 Å². The minimum atomic E-state index is -0.271. The van der Waals surface area contributed by atoms with Crippen molar-refractivity contribution < 1.29 is 4.79 Å². The van der Waals surface area contributed by atoms with Gasteiger partial charge in [0.1, 0.15) is 0 Å². The van der Waals surface area contributed by atoms with Gasteiger partial charge in [0.05, 0.1) is 5.41 Å². The van der Waals surface area contributed by atoms with E-state index < -0.39 is 0 Å². The topological polar surface area (TPSA) is 55.1 Å². The predicted molar refractivity (Wildman–Crippen MR) is 62.5 cm³/mol. The van der Waals surface area contributed by atoms with E-state index in [1.807, 2.05) is 0 Å². The van der Waals surface area contributed by atoms with Crippen molar-refractivity contribution in [2.45, 2.75) is 58.4 Å². The summed E-state index contributed by atoms with van der Waals surface area (Å²) >= 11 is 0. The summed E-state index contributed by atoms with van der Waals surface area (Å²) < 4.78 is 0. The molecule has 88 valence electrons. The van der Waals surface area contributed by atoms with E-state index in [1.54, 1.807) is 0 Å². The fraction of sp³-hybridized carbons (Fsp3) is 0.917. The number of carbonyl (C=O) groups is 1. The Morgan fingerprint density at radius 3 is 2.33 bits per heavy atom. The number of hydrogen-bond donors (Lipinski definition) is 2. The minimum Gasteiger partial charge on any atom is -0.351 e. The van der Waals surface area contributed by atoms with Crippen LogP contribution in [0.1, 0.15) is 52.9 Å². The van der Waals surface area contributed by atoms with Crippen molar-refractivity contribution >= 4 is 5.91 Å². The quantitative estimate of drug-likeness (QED) is 0.746. The minimum absolute atomic E-state index is 0.109. The largest absolute Gasteiger partial charge is 0.351 e. The zero-order valence-corrected chi connectivity index (χ0v) is 10.2. The highest BCUT2D eigenvalue weighted by Crippen LogP contribution is 2.37. The van der Waals surface area contributed by atoms with Crippen LogP contribution < -0.4 is 11.1 Å². The highest BCUT2D eigenvalue weighted by molar-refractivity contribution is 5.83. The van der Waals surface area contributed by atoms with Gasteiger partial charge in [-0.3, -0.25) is 4.79 Å². The molecule has 0 spiro atoms. The van der Waals surface area contributed by atoms with Crippen LogP contribution >= 0.6 is 0 Å². The number of rotatable bonds is 4. The van der Waals surface area contributed by atoms with Gasteiger partial charge in [0.15, 0.2) is 0 Å². The summed E-state index contributed by atoms with van der Waals surface area (Å²) in [6, 6.07) is 0. The second-order valence-electron chi connectivity index (χ2n) is 5.38. The van der Waals surface area contributed by atoms with Gasteiger partial charge in [-0.05, 0) is 33.1 Å². The number of nitrogens with two attached hydrogens (primary N) is 1. The average Bonchev–Trinajstić information content (AvgIpc) is 2.66. The molecule has 0 aliphatic heterocycles. The molecule has 0 atom stereocenters. The molecule has 1 saturated carbocycles. The SMILES string of the molecule is CCC(C)(C)NC(=O)C1(CN)CCCC1. The van der Waals surface area contributed by atoms with Crippen LogP contribution in [0.5, 0.6) is 0 Å². The van der Waals surface area contributed by atoms with Gasteiger partial charge in [0, 0.05) is 12.1 Å². The van der Waals surface area contributed by atoms with Gasteiger partial charge in [0.25, 0.3) is 0 Å². The zero-order chi connectivity index (χ0) is 11.5. The van der Waals surface area contributed by atoms with Crippen molar-refractivity contribution in [1.82, 2.24) is 5.32 Å². The van der Waals surface area contributed by atoms with Crippen molar-refractivity contribution in [2.75, 3.05) is 6.54 Å². The molecule has 15 heavy (non-hydrogen) atoms. The molecule has 0 radical (unpaired) electrons. The number of carbonyl (C=O) groups excluding carboxylic acids is 1. The molecule has 0 bridgehead atoms. The first-order chi connectivity index (χ1) is 6.96. The lowest BCUT2D eigenvalue weighted by molar-refractivity contribution is -0.132. The first kappa shape index (κ1) is 12.5. The van der Waals surface area contributed by atoms with Crippen LogP contribution in [0.4, 0.5) is 0 Å². The molecule has 0 aromatic rings. The Morgan fingerprint density at radius 2 is 1.93 bits per heavy atom. The Labute approximate surface area is 92.8 Å². The molecule has 0 aromatic heterocycles. The number of hydrogen-bond acceptors (Lipinski definition) is 2. The van der Waals surface area contributed by atoms with E-state index in [9.17, 15) is 4.79 Å². The van der Waals surface area contributed by atoms with E-state index in [0.29, 0.717) is 6.54 Å². The molecule has 3 heteroatoms. The molecule has 1 aliphatic carbocycles. The Morgan fingerprint density at radius 1 is 1.40 bits per heavy atom. The Hall–Kier alpha value is -0.570. The fourth-order valence-electron chi connectivity index (χ4n) is 2.10. The molecular weight excluding hydrogens is 188 g/mol. The van der Waals surface area contributed by atoms with Crippen molar-refractivity contribution in [2.24, 2.45) is 11.1 Å².